The summed E-state index contributed by atoms with van der Waals surface area (Å²) in [6.45, 7) is 3.83. The van der Waals surface area contributed by atoms with Gasteiger partial charge in [-0.3, -0.25) is 9.78 Å². The number of nitrogens with zero attached hydrogens (tertiary/aromatic N) is 2. The van der Waals surface area contributed by atoms with Gasteiger partial charge in [0, 0.05) is 25.0 Å². The third-order valence-corrected chi connectivity index (χ3v) is 6.19. The Hall–Kier alpha value is -2.67. The van der Waals surface area contributed by atoms with Gasteiger partial charge in [-0.25, -0.2) is 12.7 Å². The molecule has 3 rings (SSSR count). The smallest absolute Gasteiger partial charge is 0.285 e. The minimum atomic E-state index is -3.88. The van der Waals surface area contributed by atoms with Crippen molar-refractivity contribution in [2.24, 2.45) is 0 Å². The van der Waals surface area contributed by atoms with Gasteiger partial charge in [0.15, 0.2) is 0 Å². The van der Waals surface area contributed by atoms with Crippen LogP contribution in [0.3, 0.4) is 0 Å². The summed E-state index contributed by atoms with van der Waals surface area (Å²) in [5, 5.41) is 3.06. The number of sulfonamides is 1. The Labute approximate surface area is 153 Å². The lowest BCUT2D eigenvalue weighted by molar-refractivity contribution is -0.123. The van der Waals surface area contributed by atoms with Crippen molar-refractivity contribution in [3.8, 4) is 0 Å². The minimum Gasteiger partial charge on any atom is -0.379 e. The first-order chi connectivity index (χ1) is 12.4. The minimum absolute atomic E-state index is 0.0477. The summed E-state index contributed by atoms with van der Waals surface area (Å²) < 4.78 is 26.9. The van der Waals surface area contributed by atoms with Gasteiger partial charge in [-0.1, -0.05) is 30.3 Å². The van der Waals surface area contributed by atoms with Crippen molar-refractivity contribution >= 4 is 20.8 Å². The predicted molar refractivity (Wildman–Crippen MR) is 100 cm³/mol. The average Bonchev–Trinajstić information content (AvgIpc) is 2.82. The van der Waals surface area contributed by atoms with Crippen molar-refractivity contribution in [2.75, 3.05) is 6.54 Å². The van der Waals surface area contributed by atoms with Crippen LogP contribution in [0.25, 0.3) is 4.91 Å². The molecular formula is C19H21N3O3S. The van der Waals surface area contributed by atoms with Crippen LogP contribution < -0.4 is 5.32 Å². The third kappa shape index (κ3) is 3.35. The lowest BCUT2D eigenvalue weighted by atomic mass is 10.1. The van der Waals surface area contributed by atoms with Crippen molar-refractivity contribution in [3.63, 3.8) is 0 Å². The Bertz CT molecular complexity index is 923. The van der Waals surface area contributed by atoms with E-state index in [0.717, 1.165) is 9.87 Å². The number of rotatable bonds is 6. The number of amides is 1. The van der Waals surface area contributed by atoms with Gasteiger partial charge in [0.2, 0.25) is 0 Å². The van der Waals surface area contributed by atoms with Gasteiger partial charge in [-0.05, 0) is 43.5 Å². The summed E-state index contributed by atoms with van der Waals surface area (Å²) in [6, 6.07) is 12.1. The quantitative estimate of drug-likeness (QED) is 0.842. The molecule has 1 amide bonds. The molecule has 2 aromatic rings. The molecule has 0 saturated heterocycles. The molecule has 7 heteroatoms. The molecule has 1 aliphatic rings. The molecule has 6 nitrogen and oxygen atoms in total. The number of aromatic nitrogens is 1. The Kier molecular flexibility index (Phi) is 5.08. The van der Waals surface area contributed by atoms with Crippen molar-refractivity contribution in [2.45, 2.75) is 26.3 Å². The van der Waals surface area contributed by atoms with Gasteiger partial charge < -0.3 is 5.32 Å². The summed E-state index contributed by atoms with van der Waals surface area (Å²) in [4.78, 5) is 16.8. The fourth-order valence-electron chi connectivity index (χ4n) is 2.98. The molecule has 0 radical (unpaired) electrons. The second kappa shape index (κ2) is 7.29. The van der Waals surface area contributed by atoms with E-state index in [2.05, 4.69) is 10.3 Å². The summed E-state index contributed by atoms with van der Waals surface area (Å²) in [5.41, 5.74) is 1.71. The zero-order valence-electron chi connectivity index (χ0n) is 14.7. The maximum Gasteiger partial charge on any atom is 0.285 e. The molecule has 136 valence electrons. The molecule has 1 aliphatic heterocycles. The van der Waals surface area contributed by atoms with E-state index in [1.165, 1.54) is 0 Å². The maximum absolute atomic E-state index is 13.0. The highest BCUT2D eigenvalue weighted by molar-refractivity contribution is 7.99. The van der Waals surface area contributed by atoms with E-state index < -0.39 is 22.0 Å². The topological polar surface area (TPSA) is 79.4 Å². The molecule has 1 aromatic carbocycles. The van der Waals surface area contributed by atoms with Gasteiger partial charge in [-0.15, -0.1) is 0 Å². The normalized spacial score (nSPS) is 16.4. The molecular weight excluding hydrogens is 350 g/mol. The monoisotopic (exact) mass is 371 g/mol. The molecule has 0 fully saturated rings. The van der Waals surface area contributed by atoms with Crippen molar-refractivity contribution in [1.29, 1.82) is 0 Å². The van der Waals surface area contributed by atoms with Gasteiger partial charge in [0.05, 0.1) is 0 Å². The van der Waals surface area contributed by atoms with Crippen LogP contribution in [0, 0.1) is 0 Å². The first-order valence-electron chi connectivity index (χ1n) is 8.44. The lowest BCUT2D eigenvalue weighted by Crippen LogP contribution is -2.39. The third-order valence-electron chi connectivity index (χ3n) is 4.13. The number of pyridine rings is 1. The van der Waals surface area contributed by atoms with E-state index in [1.807, 2.05) is 18.2 Å². The van der Waals surface area contributed by atoms with Crippen LogP contribution in [0.1, 0.15) is 25.0 Å². The maximum atomic E-state index is 13.0. The Morgan fingerprint density at radius 1 is 1.08 bits per heavy atom. The molecule has 0 bridgehead atoms. The fourth-order valence-corrected chi connectivity index (χ4v) is 4.89. The Morgan fingerprint density at radius 3 is 2.35 bits per heavy atom. The second-order valence-electron chi connectivity index (χ2n) is 6.30. The summed E-state index contributed by atoms with van der Waals surface area (Å²) in [6.07, 6.45) is 4.06. The Morgan fingerprint density at radius 2 is 1.73 bits per heavy atom. The van der Waals surface area contributed by atoms with Gasteiger partial charge in [0.1, 0.15) is 10.6 Å². The van der Waals surface area contributed by atoms with Crippen LogP contribution in [0.2, 0.25) is 0 Å². The molecule has 1 aromatic heterocycles. The van der Waals surface area contributed by atoms with Gasteiger partial charge in [0.25, 0.3) is 15.9 Å². The lowest BCUT2D eigenvalue weighted by Gasteiger charge is -2.20. The molecule has 1 N–H and O–H groups in total. The highest BCUT2D eigenvalue weighted by Gasteiger charge is 2.45. The molecule has 0 atom stereocenters. The first kappa shape index (κ1) is 18.1. The fraction of sp³-hybridized carbons (Fsp3) is 0.263. The number of nitrogens with one attached hydrogen (secondary N) is 1. The zero-order chi connectivity index (χ0) is 18.7. The molecule has 0 unspecified atom stereocenters. The van der Waals surface area contributed by atoms with E-state index in [-0.39, 0.29) is 10.6 Å². The van der Waals surface area contributed by atoms with Crippen molar-refractivity contribution < 1.29 is 13.2 Å². The number of hydrogen-bond acceptors (Lipinski definition) is 5. The first-order valence-corrected chi connectivity index (χ1v) is 9.88. The van der Waals surface area contributed by atoms with E-state index in [0.29, 0.717) is 18.5 Å². The summed E-state index contributed by atoms with van der Waals surface area (Å²) in [5.74, 6) is -0.506. The molecule has 0 spiro atoms. The zero-order valence-corrected chi connectivity index (χ0v) is 15.5. The van der Waals surface area contributed by atoms with Crippen LogP contribution in [-0.2, 0) is 21.2 Å². The number of carbonyl (C=O) groups is 1. The standard InChI is InChI=1S/C19H21N3O3S/c1-14(2)22-19(23)17(21-13-10-15-8-11-20-12-9-15)18(26(22,24)25)16-6-4-3-5-7-16/h3-9,11-12,14,21H,10,13H2,1-2H3. The van der Waals surface area contributed by atoms with Crippen LogP contribution in [-0.4, -0.2) is 36.2 Å². The van der Waals surface area contributed by atoms with Crippen LogP contribution in [0.4, 0.5) is 0 Å². The van der Waals surface area contributed by atoms with E-state index >= 15 is 0 Å². The SMILES string of the molecule is CC(C)N1C(=O)C(NCCc2ccncc2)=C(c2ccccc2)S1(=O)=O. The highest BCUT2D eigenvalue weighted by Crippen LogP contribution is 2.35. The van der Waals surface area contributed by atoms with Crippen LogP contribution in [0.15, 0.2) is 60.6 Å². The number of hydrogen-bond donors (Lipinski definition) is 1. The predicted octanol–water partition coefficient (Wildman–Crippen LogP) is 2.16. The second-order valence-corrected chi connectivity index (χ2v) is 8.05. The largest absolute Gasteiger partial charge is 0.379 e. The molecule has 0 saturated carbocycles. The van der Waals surface area contributed by atoms with Gasteiger partial charge in [-0.2, -0.15) is 0 Å². The van der Waals surface area contributed by atoms with E-state index in [1.54, 1.807) is 50.5 Å². The van der Waals surface area contributed by atoms with Gasteiger partial charge >= 0.3 is 0 Å². The van der Waals surface area contributed by atoms with E-state index in [4.69, 9.17) is 0 Å². The number of benzene rings is 1. The summed E-state index contributed by atoms with van der Waals surface area (Å²) in [7, 11) is -3.88. The van der Waals surface area contributed by atoms with Crippen LogP contribution >= 0.6 is 0 Å². The van der Waals surface area contributed by atoms with Crippen molar-refractivity contribution in [1.82, 2.24) is 14.6 Å². The van der Waals surface area contributed by atoms with Crippen LogP contribution in [0.5, 0.6) is 0 Å². The molecule has 2 heterocycles. The Balaban J connectivity index is 1.95. The van der Waals surface area contributed by atoms with E-state index in [9.17, 15) is 13.2 Å². The molecule has 26 heavy (non-hydrogen) atoms. The average molecular weight is 371 g/mol. The van der Waals surface area contributed by atoms with Crippen molar-refractivity contribution in [3.05, 3.63) is 71.7 Å². The molecule has 0 aliphatic carbocycles. The summed E-state index contributed by atoms with van der Waals surface area (Å²) >= 11 is 0. The number of carbonyl (C=O) groups excluding carboxylic acids is 1. The highest BCUT2D eigenvalue weighted by atomic mass is 32.2.